The molecule has 0 amide bonds. The highest BCUT2D eigenvalue weighted by atomic mass is 127. The second-order valence-corrected chi connectivity index (χ2v) is 8.55. The zero-order valence-electron chi connectivity index (χ0n) is 18.4. The summed E-state index contributed by atoms with van der Waals surface area (Å²) in [4.78, 5) is 6.96. The first-order valence-electron chi connectivity index (χ1n) is 11.2. The van der Waals surface area contributed by atoms with Gasteiger partial charge in [-0.3, -0.25) is 9.89 Å². The summed E-state index contributed by atoms with van der Waals surface area (Å²) in [6, 6.07) is 9.19. The third-order valence-electron chi connectivity index (χ3n) is 7.03. The number of hydrogen-bond donors (Lipinski definition) is 2. The third-order valence-corrected chi connectivity index (χ3v) is 7.03. The molecule has 1 aromatic rings. The first kappa shape index (κ1) is 23.8. The van der Waals surface area contributed by atoms with Crippen LogP contribution in [0.1, 0.15) is 43.7 Å². The summed E-state index contributed by atoms with van der Waals surface area (Å²) in [6.45, 7) is 8.37. The van der Waals surface area contributed by atoms with Crippen LogP contribution >= 0.6 is 24.0 Å². The van der Waals surface area contributed by atoms with Crippen LogP contribution in [0.3, 0.4) is 0 Å². The molecule has 1 aliphatic heterocycles. The van der Waals surface area contributed by atoms with E-state index in [2.05, 4.69) is 51.7 Å². The maximum absolute atomic E-state index is 5.98. The summed E-state index contributed by atoms with van der Waals surface area (Å²) < 4.78 is 11.5. The van der Waals surface area contributed by atoms with Gasteiger partial charge in [-0.1, -0.05) is 30.7 Å². The molecule has 3 fully saturated rings. The van der Waals surface area contributed by atoms with Gasteiger partial charge >= 0.3 is 0 Å². The molecule has 2 N–H and O–H groups in total. The normalized spacial score (nSPS) is 25.7. The fourth-order valence-corrected chi connectivity index (χ4v) is 5.06. The van der Waals surface area contributed by atoms with E-state index in [1.165, 1.54) is 30.4 Å². The van der Waals surface area contributed by atoms with Gasteiger partial charge in [0.05, 0.1) is 19.3 Å². The first-order chi connectivity index (χ1) is 14.2. The largest absolute Gasteiger partial charge is 0.379 e. The van der Waals surface area contributed by atoms with Crippen molar-refractivity contribution >= 4 is 29.9 Å². The summed E-state index contributed by atoms with van der Waals surface area (Å²) in [7, 11) is 1.86. The van der Waals surface area contributed by atoms with Gasteiger partial charge in [0, 0.05) is 51.3 Å². The monoisotopic (exact) mass is 528 g/mol. The van der Waals surface area contributed by atoms with Crippen molar-refractivity contribution in [3.63, 3.8) is 0 Å². The fourth-order valence-electron chi connectivity index (χ4n) is 5.06. The van der Waals surface area contributed by atoms with Crippen molar-refractivity contribution in [3.8, 4) is 0 Å². The van der Waals surface area contributed by atoms with Crippen LogP contribution in [0, 0.1) is 5.41 Å². The van der Waals surface area contributed by atoms with Gasteiger partial charge in [-0.25, -0.2) is 0 Å². The Morgan fingerprint density at radius 3 is 2.60 bits per heavy atom. The number of halogens is 1. The number of hydrogen-bond acceptors (Lipinski definition) is 4. The first-order valence-corrected chi connectivity index (χ1v) is 11.2. The predicted octanol–water partition coefficient (Wildman–Crippen LogP) is 3.15. The zero-order chi connectivity index (χ0) is 20.1. The molecule has 0 radical (unpaired) electrons. The second-order valence-electron chi connectivity index (χ2n) is 8.55. The fraction of sp³-hybridized carbons (Fsp3) is 0.696. The number of nitrogens with one attached hydrogen (secondary N) is 2. The Morgan fingerprint density at radius 2 is 1.97 bits per heavy atom. The number of benzene rings is 1. The van der Waals surface area contributed by atoms with Crippen LogP contribution in [0.5, 0.6) is 0 Å². The van der Waals surface area contributed by atoms with Gasteiger partial charge in [0.2, 0.25) is 0 Å². The van der Waals surface area contributed by atoms with Gasteiger partial charge in [0.15, 0.2) is 5.96 Å². The Kier molecular flexibility index (Phi) is 8.80. The van der Waals surface area contributed by atoms with E-state index in [9.17, 15) is 0 Å². The van der Waals surface area contributed by atoms with Crippen LogP contribution in [-0.2, 0) is 22.6 Å². The van der Waals surface area contributed by atoms with E-state index < -0.39 is 0 Å². The molecule has 0 aromatic heterocycles. The predicted molar refractivity (Wildman–Crippen MR) is 131 cm³/mol. The van der Waals surface area contributed by atoms with Gasteiger partial charge in [0.25, 0.3) is 0 Å². The summed E-state index contributed by atoms with van der Waals surface area (Å²) >= 11 is 0. The van der Waals surface area contributed by atoms with Gasteiger partial charge in [0.1, 0.15) is 0 Å². The summed E-state index contributed by atoms with van der Waals surface area (Å²) in [5, 5.41) is 7.24. The smallest absolute Gasteiger partial charge is 0.191 e. The maximum Gasteiger partial charge on any atom is 0.191 e. The van der Waals surface area contributed by atoms with E-state index in [4.69, 9.17) is 9.47 Å². The molecule has 1 spiro atoms. The van der Waals surface area contributed by atoms with Crippen molar-refractivity contribution in [3.05, 3.63) is 35.4 Å². The minimum absolute atomic E-state index is 0. The topological polar surface area (TPSA) is 58.1 Å². The minimum atomic E-state index is 0. The molecule has 2 atom stereocenters. The Hall–Kier alpha value is -0.900. The quantitative estimate of drug-likeness (QED) is 0.324. The van der Waals surface area contributed by atoms with Gasteiger partial charge in [-0.2, -0.15) is 0 Å². The standard InChI is InChI=1S/C23H36N4O2.HI/c1-3-29-21-15-20(23(21)9-6-10-23)26-22(24-2)25-16-18-7-4-5-8-19(18)17-27-11-13-28-14-12-27;/h4-5,7-8,20-21H,3,6,9-17H2,1-2H3,(H2,24,25,26);1H. The average molecular weight is 528 g/mol. The lowest BCUT2D eigenvalue weighted by Crippen LogP contribution is -2.68. The van der Waals surface area contributed by atoms with Crippen molar-refractivity contribution in [1.29, 1.82) is 0 Å². The Bertz CT molecular complexity index is 704. The molecule has 168 valence electrons. The highest BCUT2D eigenvalue weighted by Gasteiger charge is 2.59. The molecule has 1 heterocycles. The van der Waals surface area contributed by atoms with E-state index in [0.717, 1.165) is 58.4 Å². The Morgan fingerprint density at radius 1 is 1.23 bits per heavy atom. The molecule has 7 heteroatoms. The Labute approximate surface area is 198 Å². The van der Waals surface area contributed by atoms with E-state index >= 15 is 0 Å². The van der Waals surface area contributed by atoms with Crippen LogP contribution in [0.15, 0.2) is 29.3 Å². The van der Waals surface area contributed by atoms with Crippen LogP contribution < -0.4 is 10.6 Å². The van der Waals surface area contributed by atoms with Gasteiger partial charge < -0.3 is 20.1 Å². The molecule has 2 saturated carbocycles. The van der Waals surface area contributed by atoms with Crippen molar-refractivity contribution in [2.24, 2.45) is 10.4 Å². The van der Waals surface area contributed by atoms with Crippen LogP contribution in [0.4, 0.5) is 0 Å². The second kappa shape index (κ2) is 11.1. The number of guanidine groups is 1. The van der Waals surface area contributed by atoms with Crippen molar-refractivity contribution in [2.75, 3.05) is 40.0 Å². The Balaban J connectivity index is 0.00000256. The number of aliphatic imine (C=N–C) groups is 1. The molecular formula is C23H37IN4O2. The number of rotatable bonds is 7. The van der Waals surface area contributed by atoms with Gasteiger partial charge in [-0.15, -0.1) is 24.0 Å². The molecule has 3 aliphatic rings. The van der Waals surface area contributed by atoms with E-state index in [-0.39, 0.29) is 24.0 Å². The zero-order valence-corrected chi connectivity index (χ0v) is 20.7. The number of morpholine rings is 1. The molecule has 2 unspecified atom stereocenters. The van der Waals surface area contributed by atoms with Crippen LogP contribution in [-0.4, -0.2) is 63.0 Å². The highest BCUT2D eigenvalue weighted by Crippen LogP contribution is 2.57. The summed E-state index contributed by atoms with van der Waals surface area (Å²) in [5.41, 5.74) is 3.05. The molecule has 1 aromatic carbocycles. The lowest BCUT2D eigenvalue weighted by atomic mass is 9.51. The minimum Gasteiger partial charge on any atom is -0.379 e. The molecule has 2 aliphatic carbocycles. The molecule has 4 rings (SSSR count). The van der Waals surface area contributed by atoms with Gasteiger partial charge in [-0.05, 0) is 37.3 Å². The van der Waals surface area contributed by atoms with E-state index in [1.807, 2.05) is 7.05 Å². The lowest BCUT2D eigenvalue weighted by molar-refractivity contribution is -0.168. The van der Waals surface area contributed by atoms with Crippen molar-refractivity contribution < 1.29 is 9.47 Å². The van der Waals surface area contributed by atoms with E-state index in [0.29, 0.717) is 17.6 Å². The SMILES string of the molecule is CCOC1CC(NC(=NC)NCc2ccccc2CN2CCOCC2)C12CCC2.I. The molecule has 1 saturated heterocycles. The molecule has 30 heavy (non-hydrogen) atoms. The average Bonchev–Trinajstić information content (AvgIpc) is 2.70. The maximum atomic E-state index is 5.98. The number of nitrogens with zero attached hydrogens (tertiary/aromatic N) is 2. The third kappa shape index (κ3) is 5.11. The van der Waals surface area contributed by atoms with E-state index in [1.54, 1.807) is 0 Å². The van der Waals surface area contributed by atoms with Crippen molar-refractivity contribution in [1.82, 2.24) is 15.5 Å². The molecular weight excluding hydrogens is 491 g/mol. The molecule has 0 bridgehead atoms. The molecule has 6 nitrogen and oxygen atoms in total. The number of ether oxygens (including phenoxy) is 2. The van der Waals surface area contributed by atoms with Crippen molar-refractivity contribution in [2.45, 2.75) is 57.8 Å². The lowest BCUT2D eigenvalue weighted by Gasteiger charge is -2.61. The summed E-state index contributed by atoms with van der Waals surface area (Å²) in [5.74, 6) is 0.900. The summed E-state index contributed by atoms with van der Waals surface area (Å²) in [6.07, 6.45) is 5.37. The van der Waals surface area contributed by atoms with Crippen LogP contribution in [0.25, 0.3) is 0 Å². The highest BCUT2D eigenvalue weighted by molar-refractivity contribution is 14.0. The van der Waals surface area contributed by atoms with Crippen LogP contribution in [0.2, 0.25) is 0 Å².